The average molecular weight is 709 g/mol. The van der Waals surface area contributed by atoms with Crippen LogP contribution in [0.15, 0.2) is 53.6 Å². The van der Waals surface area contributed by atoms with Crippen molar-refractivity contribution in [3.63, 3.8) is 0 Å². The predicted octanol–water partition coefficient (Wildman–Crippen LogP) is 10.5. The third-order valence-electron chi connectivity index (χ3n) is 7.97. The van der Waals surface area contributed by atoms with Gasteiger partial charge in [0.1, 0.15) is 11.2 Å². The van der Waals surface area contributed by atoms with Crippen LogP contribution in [0, 0.1) is 5.92 Å². The van der Waals surface area contributed by atoms with E-state index in [0.717, 1.165) is 36.1 Å². The monoisotopic (exact) mass is 708 g/mol. The van der Waals surface area contributed by atoms with Gasteiger partial charge >= 0.3 is 18.2 Å². The molecule has 0 radical (unpaired) electrons. The molecule has 2 aromatic carbocycles. The summed E-state index contributed by atoms with van der Waals surface area (Å²) in [6.45, 7) is 21.4. The highest BCUT2D eigenvalue weighted by Gasteiger charge is 2.34. The van der Waals surface area contributed by atoms with E-state index in [1.807, 2.05) is 18.2 Å². The van der Waals surface area contributed by atoms with Gasteiger partial charge in [0.2, 0.25) is 0 Å². The zero-order valence-corrected chi connectivity index (χ0v) is 32.6. The lowest BCUT2D eigenvalue weighted by molar-refractivity contribution is -0.144. The Balaban J connectivity index is 2.06. The van der Waals surface area contributed by atoms with Gasteiger partial charge in [-0.05, 0) is 89.1 Å². The van der Waals surface area contributed by atoms with Gasteiger partial charge in [-0.25, -0.2) is 14.5 Å². The molecule has 274 valence electrons. The number of aromatic nitrogens is 1. The Hall–Kier alpha value is -3.79. The highest BCUT2D eigenvalue weighted by Crippen LogP contribution is 2.35. The fraction of sp³-hybridized carbons (Fsp3) is 0.550. The second kappa shape index (κ2) is 16.9. The molecule has 0 aliphatic heterocycles. The van der Waals surface area contributed by atoms with Crippen LogP contribution >= 0.6 is 11.8 Å². The summed E-state index contributed by atoms with van der Waals surface area (Å²) in [4.78, 5) is 56.3. The predicted molar refractivity (Wildman–Crippen MR) is 201 cm³/mol. The van der Waals surface area contributed by atoms with Crippen molar-refractivity contribution in [2.45, 2.75) is 130 Å². The molecule has 1 heterocycles. The Morgan fingerprint density at radius 3 is 2.06 bits per heavy atom. The van der Waals surface area contributed by atoms with E-state index in [9.17, 15) is 19.2 Å². The van der Waals surface area contributed by atoms with Gasteiger partial charge in [-0.15, -0.1) is 11.8 Å². The molecule has 0 aliphatic carbocycles. The third-order valence-corrected chi connectivity index (χ3v) is 9.03. The molecular weight excluding hydrogens is 653 g/mol. The van der Waals surface area contributed by atoms with E-state index in [1.165, 1.54) is 22.5 Å². The lowest BCUT2D eigenvalue weighted by atomic mass is 9.87. The number of benzene rings is 2. The minimum atomic E-state index is -0.881. The summed E-state index contributed by atoms with van der Waals surface area (Å²) in [5.74, 6) is -0.213. The summed E-state index contributed by atoms with van der Waals surface area (Å²) in [6.07, 6.45) is 4.27. The first-order valence-electron chi connectivity index (χ1n) is 17.6. The van der Waals surface area contributed by atoms with Crippen molar-refractivity contribution in [1.29, 1.82) is 0 Å². The van der Waals surface area contributed by atoms with E-state index >= 15 is 0 Å². The van der Waals surface area contributed by atoms with E-state index in [0.29, 0.717) is 39.8 Å². The number of carbonyl (C=O) groups is 4. The molecule has 0 saturated carbocycles. The topological polar surface area (TPSA) is 104 Å². The van der Waals surface area contributed by atoms with Crippen LogP contribution < -0.4 is 4.90 Å². The maximum absolute atomic E-state index is 14.7. The Labute approximate surface area is 302 Å². The van der Waals surface area contributed by atoms with Gasteiger partial charge in [0.25, 0.3) is 5.91 Å². The number of rotatable bonds is 12. The van der Waals surface area contributed by atoms with E-state index in [1.54, 1.807) is 65.8 Å². The molecule has 1 unspecified atom stereocenters. The number of nitrogens with zero attached hydrogens (tertiary/aromatic N) is 2. The SMILES string of the molecule is CCCCC(CC)COC(=O)CCSc1cccc2c1c(C(=O)N(C(=O)OC(C)(C)C)c1ccc(C(C)(C)C)cc1)cn2C(=O)OC(C)(C)C. The maximum atomic E-state index is 14.7. The van der Waals surface area contributed by atoms with Crippen LogP contribution in [-0.2, 0) is 24.4 Å². The van der Waals surface area contributed by atoms with Crippen molar-refractivity contribution in [2.75, 3.05) is 17.3 Å². The van der Waals surface area contributed by atoms with Crippen molar-refractivity contribution in [1.82, 2.24) is 4.57 Å². The number of anilines is 1. The zero-order valence-electron chi connectivity index (χ0n) is 31.8. The van der Waals surface area contributed by atoms with E-state index in [2.05, 4.69) is 34.6 Å². The second-order valence-electron chi connectivity index (χ2n) is 15.7. The number of ether oxygens (including phenoxy) is 3. The molecular formula is C40H56N2O7S. The van der Waals surface area contributed by atoms with Crippen LogP contribution in [-0.4, -0.2) is 52.2 Å². The van der Waals surface area contributed by atoms with E-state index in [4.69, 9.17) is 14.2 Å². The smallest absolute Gasteiger partial charge is 0.422 e. The Kier molecular flexibility index (Phi) is 13.8. The van der Waals surface area contributed by atoms with Gasteiger partial charge in [-0.3, -0.25) is 14.2 Å². The van der Waals surface area contributed by atoms with Crippen LogP contribution in [0.4, 0.5) is 15.3 Å². The van der Waals surface area contributed by atoms with Crippen LogP contribution in [0.5, 0.6) is 0 Å². The number of fused-ring (bicyclic) bond motifs is 1. The van der Waals surface area contributed by atoms with Crippen molar-refractivity contribution < 1.29 is 33.4 Å². The molecule has 0 N–H and O–H groups in total. The van der Waals surface area contributed by atoms with Crippen molar-refractivity contribution in [3.8, 4) is 0 Å². The van der Waals surface area contributed by atoms with Crippen molar-refractivity contribution in [2.24, 2.45) is 5.92 Å². The third kappa shape index (κ3) is 11.4. The molecule has 9 nitrogen and oxygen atoms in total. The summed E-state index contributed by atoms with van der Waals surface area (Å²) in [7, 11) is 0. The number of esters is 1. The normalized spacial score (nSPS) is 12.8. The van der Waals surface area contributed by atoms with Crippen LogP contribution in [0.3, 0.4) is 0 Å². The molecule has 10 heteroatoms. The zero-order chi connectivity index (χ0) is 37.4. The first-order chi connectivity index (χ1) is 23.3. The number of thioether (sulfide) groups is 1. The van der Waals surface area contributed by atoms with Crippen LogP contribution in [0.2, 0.25) is 0 Å². The quantitative estimate of drug-likeness (QED) is 0.104. The van der Waals surface area contributed by atoms with Crippen LogP contribution in [0.1, 0.15) is 124 Å². The summed E-state index contributed by atoms with van der Waals surface area (Å²) < 4.78 is 18.3. The standard InChI is InChI=1S/C40H56N2O7S/c1-12-14-16-27(13-2)26-47-33(43)23-24-50-32-18-15-17-31-34(32)30(25-41(31)36(45)48-39(6,7)8)35(44)42(37(46)49-40(9,10)11)29-21-19-28(20-22-29)38(3,4)5/h15,17-22,25,27H,12-14,16,23-24,26H2,1-11H3. The van der Waals surface area contributed by atoms with E-state index in [-0.39, 0.29) is 23.4 Å². The number of imide groups is 1. The summed E-state index contributed by atoms with van der Waals surface area (Å²) in [6, 6.07) is 12.6. The lowest BCUT2D eigenvalue weighted by Crippen LogP contribution is -2.41. The molecule has 0 bridgehead atoms. The molecule has 3 aromatic rings. The number of carbonyl (C=O) groups excluding carboxylic acids is 4. The Morgan fingerprint density at radius 1 is 0.860 bits per heavy atom. The number of hydrogen-bond acceptors (Lipinski definition) is 8. The minimum Gasteiger partial charge on any atom is -0.465 e. The number of unbranched alkanes of at least 4 members (excludes halogenated alkanes) is 1. The molecule has 1 aromatic heterocycles. The second-order valence-corrected chi connectivity index (χ2v) is 16.8. The molecule has 2 amide bonds. The van der Waals surface area contributed by atoms with Crippen LogP contribution in [0.25, 0.3) is 10.9 Å². The van der Waals surface area contributed by atoms with Gasteiger partial charge in [0.05, 0.1) is 29.8 Å². The summed E-state index contributed by atoms with van der Waals surface area (Å²) in [5, 5.41) is 0.465. The van der Waals surface area contributed by atoms with Gasteiger partial charge in [-0.2, -0.15) is 0 Å². The number of amides is 2. The first kappa shape index (κ1) is 40.6. The molecule has 0 spiro atoms. The largest absolute Gasteiger partial charge is 0.465 e. The average Bonchev–Trinajstić information content (AvgIpc) is 3.40. The molecule has 0 aliphatic rings. The molecule has 1 atom stereocenters. The Morgan fingerprint density at radius 2 is 1.50 bits per heavy atom. The molecule has 3 rings (SSSR count). The van der Waals surface area contributed by atoms with Crippen molar-refractivity contribution in [3.05, 3.63) is 59.8 Å². The van der Waals surface area contributed by atoms with Gasteiger partial charge in [0, 0.05) is 22.2 Å². The Bertz CT molecular complexity index is 1640. The molecule has 50 heavy (non-hydrogen) atoms. The highest BCUT2D eigenvalue weighted by atomic mass is 32.2. The fourth-order valence-corrected chi connectivity index (χ4v) is 6.29. The van der Waals surface area contributed by atoms with Gasteiger partial charge in [-0.1, -0.05) is 72.1 Å². The lowest BCUT2D eigenvalue weighted by Gasteiger charge is -2.27. The van der Waals surface area contributed by atoms with Gasteiger partial charge < -0.3 is 14.2 Å². The summed E-state index contributed by atoms with van der Waals surface area (Å²) >= 11 is 1.38. The maximum Gasteiger partial charge on any atom is 0.422 e. The van der Waals surface area contributed by atoms with Gasteiger partial charge in [0.15, 0.2) is 0 Å². The van der Waals surface area contributed by atoms with E-state index < -0.39 is 29.3 Å². The van der Waals surface area contributed by atoms with Crippen molar-refractivity contribution >= 4 is 52.4 Å². The minimum absolute atomic E-state index is 0.115. The highest BCUT2D eigenvalue weighted by molar-refractivity contribution is 7.99. The molecule has 0 fully saturated rings. The first-order valence-corrected chi connectivity index (χ1v) is 18.6. The summed E-state index contributed by atoms with van der Waals surface area (Å²) in [5.41, 5.74) is 0.0815. The molecule has 0 saturated heterocycles. The number of hydrogen-bond donors (Lipinski definition) is 0. The fourth-order valence-electron chi connectivity index (χ4n) is 5.27.